The van der Waals surface area contributed by atoms with Gasteiger partial charge >= 0.3 is 0 Å². The van der Waals surface area contributed by atoms with Crippen LogP contribution in [0.25, 0.3) is 0 Å². The normalized spacial score (nSPS) is 14.1. The fraction of sp³-hybridized carbons (Fsp3) is 1.00. The van der Waals surface area contributed by atoms with E-state index in [1.807, 2.05) is 0 Å². The van der Waals surface area contributed by atoms with Gasteiger partial charge in [-0.05, 0) is 33.7 Å². The van der Waals surface area contributed by atoms with Crippen LogP contribution in [0.5, 0.6) is 0 Å². The van der Waals surface area contributed by atoms with Crippen LogP contribution in [0.2, 0.25) is 0 Å². The lowest BCUT2D eigenvalue weighted by atomic mass is 10.2. The van der Waals surface area contributed by atoms with E-state index in [0.717, 1.165) is 13.2 Å². The molecule has 16 heavy (non-hydrogen) atoms. The van der Waals surface area contributed by atoms with Crippen molar-refractivity contribution in [1.82, 2.24) is 5.32 Å². The van der Waals surface area contributed by atoms with Crippen LogP contribution >= 0.6 is 0 Å². The van der Waals surface area contributed by atoms with Gasteiger partial charge in [0.25, 0.3) is 0 Å². The second kappa shape index (κ2) is 8.97. The molecular weight excluding hydrogens is 202 g/mol. The third kappa shape index (κ3) is 10.4. The Morgan fingerprint density at radius 1 is 1.12 bits per heavy atom. The number of rotatable bonds is 9. The minimum absolute atomic E-state index is 0.0617. The van der Waals surface area contributed by atoms with E-state index in [4.69, 9.17) is 9.47 Å². The highest BCUT2D eigenvalue weighted by molar-refractivity contribution is 4.64. The summed E-state index contributed by atoms with van der Waals surface area (Å²) in [5, 5.41) is 3.42. The van der Waals surface area contributed by atoms with Crippen LogP contribution in [0.3, 0.4) is 0 Å². The Morgan fingerprint density at radius 2 is 1.81 bits per heavy atom. The molecule has 0 amide bonds. The van der Waals surface area contributed by atoms with Gasteiger partial charge in [-0.25, -0.2) is 0 Å². The first-order valence-electron chi connectivity index (χ1n) is 6.44. The third-order valence-electron chi connectivity index (χ3n) is 2.21. The summed E-state index contributed by atoms with van der Waals surface area (Å²) in [4.78, 5) is 0. The predicted octanol–water partition coefficient (Wildman–Crippen LogP) is 2.60. The second-order valence-electron chi connectivity index (χ2n) is 5.08. The molecule has 98 valence electrons. The quantitative estimate of drug-likeness (QED) is 0.619. The molecule has 1 N–H and O–H groups in total. The van der Waals surface area contributed by atoms with Crippen LogP contribution in [-0.2, 0) is 9.47 Å². The van der Waals surface area contributed by atoms with Gasteiger partial charge in [0, 0.05) is 6.04 Å². The van der Waals surface area contributed by atoms with Crippen molar-refractivity contribution < 1.29 is 9.47 Å². The summed E-state index contributed by atoms with van der Waals surface area (Å²) >= 11 is 0. The lowest BCUT2D eigenvalue weighted by molar-refractivity contribution is -0.0374. The Balaban J connectivity index is 3.46. The molecule has 0 rings (SSSR count). The molecule has 0 saturated carbocycles. The van der Waals surface area contributed by atoms with Crippen LogP contribution < -0.4 is 5.32 Å². The van der Waals surface area contributed by atoms with Crippen molar-refractivity contribution in [3.8, 4) is 0 Å². The SMILES string of the molecule is CCCC(COCCOC(C)(C)C)NCC. The summed E-state index contributed by atoms with van der Waals surface area (Å²) in [5.74, 6) is 0. The maximum absolute atomic E-state index is 5.61. The average Bonchev–Trinajstić information content (AvgIpc) is 2.16. The molecule has 0 bridgehead atoms. The third-order valence-corrected chi connectivity index (χ3v) is 2.21. The van der Waals surface area contributed by atoms with Crippen molar-refractivity contribution >= 4 is 0 Å². The highest BCUT2D eigenvalue weighted by Gasteiger charge is 2.10. The first-order valence-corrected chi connectivity index (χ1v) is 6.44. The Kier molecular flexibility index (Phi) is 8.90. The molecule has 0 spiro atoms. The Bertz CT molecular complexity index is 149. The zero-order valence-electron chi connectivity index (χ0n) is 11.6. The van der Waals surface area contributed by atoms with E-state index in [9.17, 15) is 0 Å². The molecule has 0 aromatic heterocycles. The van der Waals surface area contributed by atoms with E-state index in [1.54, 1.807) is 0 Å². The van der Waals surface area contributed by atoms with Crippen LogP contribution in [0, 0.1) is 0 Å². The zero-order valence-corrected chi connectivity index (χ0v) is 11.6. The van der Waals surface area contributed by atoms with Crippen LogP contribution in [0.15, 0.2) is 0 Å². The molecule has 0 aromatic carbocycles. The fourth-order valence-corrected chi connectivity index (χ4v) is 1.51. The number of ether oxygens (including phenoxy) is 2. The van der Waals surface area contributed by atoms with Crippen molar-refractivity contribution in [2.45, 2.75) is 59.1 Å². The molecular formula is C13H29NO2. The van der Waals surface area contributed by atoms with E-state index < -0.39 is 0 Å². The molecule has 0 aromatic rings. The Labute approximate surface area is 101 Å². The average molecular weight is 231 g/mol. The summed E-state index contributed by atoms with van der Waals surface area (Å²) < 4.78 is 11.2. The molecule has 0 aliphatic carbocycles. The lowest BCUT2D eigenvalue weighted by Gasteiger charge is -2.21. The molecule has 1 atom stereocenters. The largest absolute Gasteiger partial charge is 0.377 e. The van der Waals surface area contributed by atoms with Gasteiger partial charge in [0.1, 0.15) is 0 Å². The highest BCUT2D eigenvalue weighted by atomic mass is 16.5. The summed E-state index contributed by atoms with van der Waals surface area (Å²) in [6.45, 7) is 13.7. The number of hydrogen-bond donors (Lipinski definition) is 1. The monoisotopic (exact) mass is 231 g/mol. The van der Waals surface area contributed by atoms with Gasteiger partial charge in [-0.3, -0.25) is 0 Å². The van der Waals surface area contributed by atoms with Crippen molar-refractivity contribution in [3.05, 3.63) is 0 Å². The summed E-state index contributed by atoms with van der Waals surface area (Å²) in [6.07, 6.45) is 2.37. The summed E-state index contributed by atoms with van der Waals surface area (Å²) in [5.41, 5.74) is -0.0617. The van der Waals surface area contributed by atoms with Crippen LogP contribution in [-0.4, -0.2) is 38.0 Å². The van der Waals surface area contributed by atoms with Gasteiger partial charge in [-0.15, -0.1) is 0 Å². The number of likely N-dealkylation sites (N-methyl/N-ethyl adjacent to an activating group) is 1. The van der Waals surface area contributed by atoms with Gasteiger partial charge in [0.05, 0.1) is 25.4 Å². The minimum Gasteiger partial charge on any atom is -0.377 e. The molecule has 0 heterocycles. The molecule has 0 aliphatic rings. The highest BCUT2D eigenvalue weighted by Crippen LogP contribution is 2.05. The van der Waals surface area contributed by atoms with E-state index in [2.05, 4.69) is 39.9 Å². The van der Waals surface area contributed by atoms with E-state index in [1.165, 1.54) is 12.8 Å². The topological polar surface area (TPSA) is 30.5 Å². The first-order chi connectivity index (χ1) is 7.49. The second-order valence-corrected chi connectivity index (χ2v) is 5.08. The van der Waals surface area contributed by atoms with Crippen LogP contribution in [0.1, 0.15) is 47.5 Å². The van der Waals surface area contributed by atoms with Gasteiger partial charge in [-0.1, -0.05) is 20.3 Å². The van der Waals surface area contributed by atoms with Gasteiger partial charge in [-0.2, -0.15) is 0 Å². The molecule has 3 nitrogen and oxygen atoms in total. The van der Waals surface area contributed by atoms with E-state index in [-0.39, 0.29) is 5.60 Å². The standard InChI is InChI=1S/C13H29NO2/c1-6-8-12(14-7-2)11-15-9-10-16-13(3,4)5/h12,14H,6-11H2,1-5H3. The van der Waals surface area contributed by atoms with Gasteiger partial charge in [0.15, 0.2) is 0 Å². The number of hydrogen-bond acceptors (Lipinski definition) is 3. The summed E-state index contributed by atoms with van der Waals surface area (Å²) in [6, 6.07) is 0.490. The molecule has 0 saturated heterocycles. The van der Waals surface area contributed by atoms with Gasteiger partial charge in [0.2, 0.25) is 0 Å². The van der Waals surface area contributed by atoms with Crippen molar-refractivity contribution in [2.75, 3.05) is 26.4 Å². The van der Waals surface area contributed by atoms with E-state index >= 15 is 0 Å². The minimum atomic E-state index is -0.0617. The van der Waals surface area contributed by atoms with Gasteiger partial charge < -0.3 is 14.8 Å². The Hall–Kier alpha value is -0.120. The van der Waals surface area contributed by atoms with Crippen molar-refractivity contribution in [1.29, 1.82) is 0 Å². The molecule has 0 radical (unpaired) electrons. The molecule has 3 heteroatoms. The lowest BCUT2D eigenvalue weighted by Crippen LogP contribution is -2.33. The smallest absolute Gasteiger partial charge is 0.0707 e. The maximum Gasteiger partial charge on any atom is 0.0707 e. The first kappa shape index (κ1) is 15.9. The number of nitrogens with one attached hydrogen (secondary N) is 1. The molecule has 1 unspecified atom stereocenters. The Morgan fingerprint density at radius 3 is 2.31 bits per heavy atom. The summed E-state index contributed by atoms with van der Waals surface area (Å²) in [7, 11) is 0. The molecule has 0 fully saturated rings. The van der Waals surface area contributed by atoms with Crippen LogP contribution in [0.4, 0.5) is 0 Å². The predicted molar refractivity (Wildman–Crippen MR) is 68.9 cm³/mol. The van der Waals surface area contributed by atoms with E-state index in [0.29, 0.717) is 19.3 Å². The maximum atomic E-state index is 5.61. The van der Waals surface area contributed by atoms with Crippen molar-refractivity contribution in [3.63, 3.8) is 0 Å². The zero-order chi connectivity index (χ0) is 12.4. The fourth-order valence-electron chi connectivity index (χ4n) is 1.51. The van der Waals surface area contributed by atoms with Crippen molar-refractivity contribution in [2.24, 2.45) is 0 Å². The molecule has 0 aliphatic heterocycles.